The number of para-hydroxylation sites is 1. The first-order valence-electron chi connectivity index (χ1n) is 9.28. The van der Waals surface area contributed by atoms with Crippen LogP contribution in [0.4, 0.5) is 5.82 Å². The Morgan fingerprint density at radius 1 is 1.19 bits per heavy atom. The molecule has 0 radical (unpaired) electrons. The molecule has 1 saturated heterocycles. The van der Waals surface area contributed by atoms with Gasteiger partial charge in [-0.2, -0.15) is 5.26 Å². The number of likely N-dealkylation sites (tertiary alicyclic amines) is 1. The van der Waals surface area contributed by atoms with Crippen molar-refractivity contribution >= 4 is 5.82 Å². The molecule has 1 aromatic carbocycles. The minimum atomic E-state index is -0.117. The van der Waals surface area contributed by atoms with Crippen molar-refractivity contribution in [3.8, 4) is 11.8 Å². The highest BCUT2D eigenvalue weighted by atomic mass is 16.1. The Hall–Kier alpha value is -2.58. The summed E-state index contributed by atoms with van der Waals surface area (Å²) in [6.45, 7) is 6.16. The monoisotopic (exact) mass is 350 g/mol. The second-order valence-electron chi connectivity index (χ2n) is 7.10. The molecule has 0 amide bonds. The number of benzene rings is 1. The smallest absolute Gasteiger partial charge is 0.260 e. The zero-order chi connectivity index (χ0) is 18.7. The second kappa shape index (κ2) is 7.76. The van der Waals surface area contributed by atoms with Gasteiger partial charge in [0.1, 0.15) is 11.9 Å². The van der Waals surface area contributed by atoms with Gasteiger partial charge in [-0.1, -0.05) is 24.6 Å². The molecule has 1 atom stereocenters. The summed E-state index contributed by atoms with van der Waals surface area (Å²) in [6.07, 6.45) is 4.33. The molecule has 1 fully saturated rings. The van der Waals surface area contributed by atoms with E-state index in [-0.39, 0.29) is 17.4 Å². The first-order chi connectivity index (χ1) is 12.5. The molecule has 0 bridgehead atoms. The number of hydrogen-bond donors (Lipinski definition) is 1. The lowest BCUT2D eigenvalue weighted by Gasteiger charge is -2.32. The van der Waals surface area contributed by atoms with Gasteiger partial charge < -0.3 is 10.6 Å². The molecule has 5 heteroatoms. The lowest BCUT2D eigenvalue weighted by atomic mass is 9.97. The first kappa shape index (κ1) is 18.2. The van der Waals surface area contributed by atoms with E-state index in [0.717, 1.165) is 13.1 Å². The van der Waals surface area contributed by atoms with Crippen molar-refractivity contribution in [3.05, 3.63) is 57.4 Å². The number of nitrogens with two attached hydrogens (primary N) is 1. The Morgan fingerprint density at radius 2 is 1.85 bits per heavy atom. The Balaban J connectivity index is 2.07. The molecular weight excluding hydrogens is 324 g/mol. The molecule has 2 N–H and O–H groups in total. The van der Waals surface area contributed by atoms with E-state index in [0.29, 0.717) is 28.8 Å². The summed E-state index contributed by atoms with van der Waals surface area (Å²) < 4.78 is 1.48. The molecule has 2 heterocycles. The number of hydrogen-bond acceptors (Lipinski definition) is 4. The Kier molecular flexibility index (Phi) is 5.43. The Bertz CT molecular complexity index is 874. The molecule has 1 aliphatic heterocycles. The molecule has 1 aromatic heterocycles. The topological polar surface area (TPSA) is 75.0 Å². The van der Waals surface area contributed by atoms with Gasteiger partial charge in [-0.25, -0.2) is 0 Å². The molecule has 2 aromatic rings. The normalized spacial score (nSPS) is 16.2. The fourth-order valence-electron chi connectivity index (χ4n) is 3.86. The van der Waals surface area contributed by atoms with Crippen molar-refractivity contribution in [2.24, 2.45) is 0 Å². The number of nitriles is 1. The molecule has 3 rings (SSSR count). The predicted octanol–water partition coefficient (Wildman–Crippen LogP) is 3.02. The minimum Gasteiger partial charge on any atom is -0.384 e. The highest BCUT2D eigenvalue weighted by molar-refractivity contribution is 5.59. The van der Waals surface area contributed by atoms with Gasteiger partial charge in [-0.15, -0.1) is 0 Å². The molecule has 1 aliphatic rings. The Labute approximate surface area is 154 Å². The zero-order valence-electron chi connectivity index (χ0n) is 15.5. The third-order valence-electron chi connectivity index (χ3n) is 5.43. The van der Waals surface area contributed by atoms with Crippen LogP contribution in [0.1, 0.15) is 42.9 Å². The molecular formula is C21H26N4O. The van der Waals surface area contributed by atoms with E-state index in [4.69, 9.17) is 5.73 Å². The van der Waals surface area contributed by atoms with Crippen LogP contribution in [0.3, 0.4) is 0 Å². The summed E-state index contributed by atoms with van der Waals surface area (Å²) in [5.74, 6) is 0.218. The van der Waals surface area contributed by atoms with E-state index < -0.39 is 0 Å². The third kappa shape index (κ3) is 3.38. The van der Waals surface area contributed by atoms with E-state index >= 15 is 0 Å². The van der Waals surface area contributed by atoms with Crippen LogP contribution in [-0.4, -0.2) is 28.6 Å². The van der Waals surface area contributed by atoms with Crippen molar-refractivity contribution < 1.29 is 0 Å². The summed E-state index contributed by atoms with van der Waals surface area (Å²) in [4.78, 5) is 15.7. The average molecular weight is 350 g/mol. The molecule has 0 saturated carbocycles. The van der Waals surface area contributed by atoms with E-state index in [1.165, 1.54) is 23.8 Å². The third-order valence-corrected chi connectivity index (χ3v) is 5.43. The Morgan fingerprint density at radius 3 is 2.46 bits per heavy atom. The standard InChI is InChI=1S/C21H26N4O/c1-15(24-11-7-4-8-12-24)13-18-16(2)19(14-22)20(23)25(21(18)26)17-9-5-3-6-10-17/h3,5-6,9-10,15H,4,7-8,11-13,23H2,1-2H3. The maximum atomic E-state index is 13.3. The van der Waals surface area contributed by atoms with Crippen LogP contribution in [-0.2, 0) is 6.42 Å². The average Bonchev–Trinajstić information content (AvgIpc) is 2.67. The van der Waals surface area contributed by atoms with Crippen LogP contribution in [0.15, 0.2) is 35.1 Å². The molecule has 0 aliphatic carbocycles. The molecule has 0 spiro atoms. The summed E-state index contributed by atoms with van der Waals surface area (Å²) in [6, 6.07) is 11.8. The van der Waals surface area contributed by atoms with Gasteiger partial charge in [-0.3, -0.25) is 9.36 Å². The number of nitrogens with zero attached hydrogens (tertiary/aromatic N) is 3. The molecule has 5 nitrogen and oxygen atoms in total. The summed E-state index contributed by atoms with van der Waals surface area (Å²) in [5.41, 5.74) is 8.58. The van der Waals surface area contributed by atoms with E-state index in [1.54, 1.807) is 0 Å². The minimum absolute atomic E-state index is 0.117. The molecule has 26 heavy (non-hydrogen) atoms. The van der Waals surface area contributed by atoms with Gasteiger partial charge in [0.05, 0.1) is 11.3 Å². The fourth-order valence-corrected chi connectivity index (χ4v) is 3.86. The van der Waals surface area contributed by atoms with Gasteiger partial charge in [0, 0.05) is 11.6 Å². The van der Waals surface area contributed by atoms with Gasteiger partial charge in [0.25, 0.3) is 5.56 Å². The van der Waals surface area contributed by atoms with Crippen LogP contribution < -0.4 is 11.3 Å². The number of piperidine rings is 1. The van der Waals surface area contributed by atoms with Gasteiger partial charge >= 0.3 is 0 Å². The van der Waals surface area contributed by atoms with Crippen molar-refractivity contribution in [2.75, 3.05) is 18.8 Å². The summed E-state index contributed by atoms with van der Waals surface area (Å²) >= 11 is 0. The van der Waals surface area contributed by atoms with Crippen LogP contribution in [0, 0.1) is 18.3 Å². The van der Waals surface area contributed by atoms with Crippen LogP contribution in [0.25, 0.3) is 5.69 Å². The quantitative estimate of drug-likeness (QED) is 0.920. The van der Waals surface area contributed by atoms with E-state index in [1.807, 2.05) is 37.3 Å². The lowest BCUT2D eigenvalue weighted by molar-refractivity contribution is 0.172. The maximum Gasteiger partial charge on any atom is 0.260 e. The number of anilines is 1. The second-order valence-corrected chi connectivity index (χ2v) is 7.10. The van der Waals surface area contributed by atoms with Crippen molar-refractivity contribution in [1.82, 2.24) is 9.47 Å². The van der Waals surface area contributed by atoms with Gasteiger partial charge in [-0.05, 0) is 63.9 Å². The van der Waals surface area contributed by atoms with Crippen LogP contribution in [0.5, 0.6) is 0 Å². The summed E-state index contributed by atoms with van der Waals surface area (Å²) in [5, 5.41) is 9.61. The SMILES string of the molecule is Cc1c(C#N)c(N)n(-c2ccccc2)c(=O)c1CC(C)N1CCCCC1. The first-order valence-corrected chi connectivity index (χ1v) is 9.28. The van der Waals surface area contributed by atoms with Gasteiger partial charge in [0.15, 0.2) is 0 Å². The number of rotatable bonds is 4. The van der Waals surface area contributed by atoms with Crippen molar-refractivity contribution in [3.63, 3.8) is 0 Å². The number of nitrogen functional groups attached to an aromatic ring is 1. The lowest BCUT2D eigenvalue weighted by Crippen LogP contribution is -2.40. The highest BCUT2D eigenvalue weighted by Gasteiger charge is 2.23. The fraction of sp³-hybridized carbons (Fsp3) is 0.429. The van der Waals surface area contributed by atoms with Crippen molar-refractivity contribution in [1.29, 1.82) is 5.26 Å². The predicted molar refractivity (Wildman–Crippen MR) is 104 cm³/mol. The van der Waals surface area contributed by atoms with Gasteiger partial charge in [0.2, 0.25) is 0 Å². The molecule has 136 valence electrons. The highest BCUT2D eigenvalue weighted by Crippen LogP contribution is 2.23. The number of aromatic nitrogens is 1. The van der Waals surface area contributed by atoms with E-state index in [2.05, 4.69) is 17.9 Å². The summed E-state index contributed by atoms with van der Waals surface area (Å²) in [7, 11) is 0. The largest absolute Gasteiger partial charge is 0.384 e. The zero-order valence-corrected chi connectivity index (χ0v) is 15.5. The molecule has 1 unspecified atom stereocenters. The van der Waals surface area contributed by atoms with Crippen molar-refractivity contribution in [2.45, 2.75) is 45.6 Å². The van der Waals surface area contributed by atoms with Crippen LogP contribution in [0.2, 0.25) is 0 Å². The van der Waals surface area contributed by atoms with Crippen LogP contribution >= 0.6 is 0 Å². The maximum absolute atomic E-state index is 13.3. The van der Waals surface area contributed by atoms with E-state index in [9.17, 15) is 10.1 Å². The number of pyridine rings is 1.